The topological polar surface area (TPSA) is 21.6 Å². The predicted molar refractivity (Wildman–Crippen MR) is 45.8 cm³/mol. The highest BCUT2D eigenvalue weighted by atomic mass is 127. The molecule has 1 atom stereocenters. The smallest absolute Gasteiger partial charge is 0.135 e. The molecule has 0 radical (unpaired) electrons. The van der Waals surface area contributed by atoms with Gasteiger partial charge in [0, 0.05) is 6.42 Å². The summed E-state index contributed by atoms with van der Waals surface area (Å²) in [6, 6.07) is 0. The summed E-state index contributed by atoms with van der Waals surface area (Å²) in [7, 11) is 0. The average Bonchev–Trinajstić information content (AvgIpc) is 2.14. The predicted octanol–water partition coefficient (Wildman–Crippen LogP) is 2.18. The number of nitrogens with zero attached hydrogens (tertiary/aromatic N) is 1. The van der Waals surface area contributed by atoms with Crippen LogP contribution in [0.1, 0.15) is 20.3 Å². The summed E-state index contributed by atoms with van der Waals surface area (Å²) in [6.45, 7) is 4.30. The van der Waals surface area contributed by atoms with Crippen molar-refractivity contribution in [2.24, 2.45) is 11.1 Å². The Bertz CT molecular complexity index is 133. The van der Waals surface area contributed by atoms with Crippen LogP contribution in [0.5, 0.6) is 0 Å². The van der Waals surface area contributed by atoms with Gasteiger partial charge in [0.05, 0.1) is 0 Å². The molecule has 0 aromatic rings. The van der Waals surface area contributed by atoms with E-state index in [4.69, 9.17) is 4.84 Å². The molecule has 0 amide bonds. The lowest BCUT2D eigenvalue weighted by Gasteiger charge is -2.10. The lowest BCUT2D eigenvalue weighted by molar-refractivity contribution is 0.0521. The number of halogens is 1. The van der Waals surface area contributed by atoms with E-state index in [1.165, 1.54) is 0 Å². The number of rotatable bonds is 1. The molecule has 52 valence electrons. The summed E-state index contributed by atoms with van der Waals surface area (Å²) in [5, 5.41) is 3.84. The third-order valence-electron chi connectivity index (χ3n) is 1.40. The summed E-state index contributed by atoms with van der Waals surface area (Å²) in [5.74, 6) is 0.584. The molecule has 0 aromatic carbocycles. The molecular formula is C6H10INO. The fourth-order valence-corrected chi connectivity index (χ4v) is 1.27. The molecule has 0 aliphatic carbocycles. The molecule has 0 saturated heterocycles. The maximum atomic E-state index is 5.11. The van der Waals surface area contributed by atoms with Crippen molar-refractivity contribution in [1.82, 2.24) is 0 Å². The fraction of sp³-hybridized carbons (Fsp3) is 0.833. The van der Waals surface area contributed by atoms with Crippen LogP contribution in [-0.2, 0) is 4.84 Å². The largest absolute Gasteiger partial charge is 0.391 e. The first-order chi connectivity index (χ1) is 4.20. The highest BCUT2D eigenvalue weighted by Gasteiger charge is 2.21. The van der Waals surface area contributed by atoms with Crippen molar-refractivity contribution >= 4 is 26.3 Å². The van der Waals surface area contributed by atoms with Gasteiger partial charge < -0.3 is 4.84 Å². The Hall–Kier alpha value is 0.200. The second-order valence-corrected chi connectivity index (χ2v) is 3.80. The third kappa shape index (κ3) is 1.81. The van der Waals surface area contributed by atoms with Gasteiger partial charge in [-0.05, 0) is 28.5 Å². The number of hydrogen-bond acceptors (Lipinski definition) is 2. The zero-order valence-corrected chi connectivity index (χ0v) is 7.75. The molecule has 3 heteroatoms. The fourth-order valence-electron chi connectivity index (χ4n) is 0.723. The Morgan fingerprint density at radius 1 is 1.78 bits per heavy atom. The molecule has 0 fully saturated rings. The van der Waals surface area contributed by atoms with Gasteiger partial charge in [0.2, 0.25) is 0 Å². The molecule has 0 bridgehead atoms. The van der Waals surface area contributed by atoms with Crippen molar-refractivity contribution in [3.8, 4) is 0 Å². The van der Waals surface area contributed by atoms with Gasteiger partial charge in [-0.1, -0.05) is 19.0 Å². The number of hydrogen-bond donors (Lipinski definition) is 0. The van der Waals surface area contributed by atoms with Gasteiger partial charge >= 0.3 is 0 Å². The lowest BCUT2D eigenvalue weighted by Crippen LogP contribution is -2.13. The van der Waals surface area contributed by atoms with Gasteiger partial charge in [-0.25, -0.2) is 0 Å². The van der Waals surface area contributed by atoms with Crippen LogP contribution in [0.3, 0.4) is 0 Å². The normalized spacial score (nSPS) is 26.2. The zero-order chi connectivity index (χ0) is 6.85. The zero-order valence-electron chi connectivity index (χ0n) is 5.60. The number of oxime groups is 1. The van der Waals surface area contributed by atoms with Crippen molar-refractivity contribution in [3.63, 3.8) is 0 Å². The first kappa shape index (κ1) is 7.31. The summed E-state index contributed by atoms with van der Waals surface area (Å²) in [4.78, 5) is 5.11. The Labute approximate surface area is 68.8 Å². The van der Waals surface area contributed by atoms with Crippen LogP contribution in [0.15, 0.2) is 5.16 Å². The molecule has 2 nitrogen and oxygen atoms in total. The van der Waals surface area contributed by atoms with Crippen molar-refractivity contribution in [3.05, 3.63) is 0 Å². The minimum Gasteiger partial charge on any atom is -0.391 e. The summed E-state index contributed by atoms with van der Waals surface area (Å²) in [5.41, 5.74) is 0. The second-order valence-electron chi connectivity index (χ2n) is 2.56. The molecule has 0 N–H and O–H groups in total. The molecule has 1 rings (SSSR count). The van der Waals surface area contributed by atoms with E-state index in [0.717, 1.165) is 10.1 Å². The van der Waals surface area contributed by atoms with E-state index in [9.17, 15) is 0 Å². The van der Waals surface area contributed by atoms with Crippen molar-refractivity contribution in [2.45, 2.75) is 26.4 Å². The summed E-state index contributed by atoms with van der Waals surface area (Å²) in [6.07, 6.45) is 1.33. The van der Waals surface area contributed by atoms with Gasteiger partial charge in [-0.2, -0.15) is 0 Å². The van der Waals surface area contributed by atoms with E-state index in [-0.39, 0.29) is 0 Å². The van der Waals surface area contributed by atoms with Crippen LogP contribution in [0.4, 0.5) is 0 Å². The Balaban J connectivity index is 2.37. The molecule has 0 saturated carbocycles. The lowest BCUT2D eigenvalue weighted by atomic mass is 10.1. The van der Waals surface area contributed by atoms with Gasteiger partial charge in [0.1, 0.15) is 9.82 Å². The Morgan fingerprint density at radius 2 is 2.44 bits per heavy atom. The van der Waals surface area contributed by atoms with Gasteiger partial charge in [0.25, 0.3) is 0 Å². The molecule has 9 heavy (non-hydrogen) atoms. The van der Waals surface area contributed by atoms with Crippen molar-refractivity contribution in [2.75, 3.05) is 0 Å². The standard InChI is InChI=1S/C6H10INO/c1-4(2)5-3-6(7)8-9-5/h4-5H,3H2,1-2H3. The molecule has 1 unspecified atom stereocenters. The molecule has 1 aliphatic heterocycles. The first-order valence-electron chi connectivity index (χ1n) is 3.08. The summed E-state index contributed by atoms with van der Waals surface area (Å²) < 4.78 is 1.09. The van der Waals surface area contributed by atoms with E-state index < -0.39 is 0 Å². The Morgan fingerprint density at radius 3 is 2.67 bits per heavy atom. The van der Waals surface area contributed by atoms with E-state index in [2.05, 4.69) is 41.6 Å². The van der Waals surface area contributed by atoms with Gasteiger partial charge in [-0.3, -0.25) is 0 Å². The highest BCUT2D eigenvalue weighted by Crippen LogP contribution is 2.20. The van der Waals surface area contributed by atoms with E-state index >= 15 is 0 Å². The van der Waals surface area contributed by atoms with Crippen LogP contribution in [0, 0.1) is 5.92 Å². The van der Waals surface area contributed by atoms with Gasteiger partial charge in [-0.15, -0.1) is 0 Å². The minimum absolute atomic E-state index is 0.330. The quantitative estimate of drug-likeness (QED) is 0.642. The van der Waals surface area contributed by atoms with Crippen molar-refractivity contribution in [1.29, 1.82) is 0 Å². The molecular weight excluding hydrogens is 229 g/mol. The third-order valence-corrected chi connectivity index (χ3v) is 2.04. The van der Waals surface area contributed by atoms with E-state index in [0.29, 0.717) is 12.0 Å². The van der Waals surface area contributed by atoms with Crippen LogP contribution < -0.4 is 0 Å². The minimum atomic E-state index is 0.330. The van der Waals surface area contributed by atoms with Gasteiger partial charge in [0.15, 0.2) is 0 Å². The Kier molecular flexibility index (Phi) is 2.32. The summed E-state index contributed by atoms with van der Waals surface area (Å²) >= 11 is 2.21. The molecule has 1 aliphatic rings. The SMILES string of the molecule is CC(C)C1CC(I)=NO1. The van der Waals surface area contributed by atoms with Crippen molar-refractivity contribution < 1.29 is 4.84 Å². The monoisotopic (exact) mass is 239 g/mol. The second kappa shape index (κ2) is 2.86. The van der Waals surface area contributed by atoms with Crippen LogP contribution in [-0.4, -0.2) is 9.82 Å². The average molecular weight is 239 g/mol. The highest BCUT2D eigenvalue weighted by molar-refractivity contribution is 14.1. The molecule has 0 aromatic heterocycles. The first-order valence-corrected chi connectivity index (χ1v) is 4.16. The van der Waals surface area contributed by atoms with Crippen LogP contribution >= 0.6 is 22.6 Å². The maximum absolute atomic E-state index is 5.11. The van der Waals surface area contributed by atoms with E-state index in [1.54, 1.807) is 0 Å². The van der Waals surface area contributed by atoms with Crippen LogP contribution in [0.25, 0.3) is 0 Å². The molecule has 1 heterocycles. The van der Waals surface area contributed by atoms with E-state index in [1.807, 2.05) is 0 Å². The molecule has 0 spiro atoms. The maximum Gasteiger partial charge on any atom is 0.135 e. The van der Waals surface area contributed by atoms with Crippen LogP contribution in [0.2, 0.25) is 0 Å².